The Morgan fingerprint density at radius 2 is 1.70 bits per heavy atom. The van der Waals surface area contributed by atoms with Gasteiger partial charge in [-0.25, -0.2) is 14.8 Å². The van der Waals surface area contributed by atoms with E-state index in [2.05, 4.69) is 9.97 Å². The van der Waals surface area contributed by atoms with Gasteiger partial charge in [0.05, 0.1) is 11.9 Å². The number of benzene rings is 1. The molecule has 0 aliphatic rings. The summed E-state index contributed by atoms with van der Waals surface area (Å²) in [6, 6.07) is 3.98. The van der Waals surface area contributed by atoms with E-state index >= 15 is 0 Å². The van der Waals surface area contributed by atoms with Crippen LogP contribution in [-0.2, 0) is 5.41 Å². The molecule has 2 aromatic rings. The molecule has 23 heavy (non-hydrogen) atoms. The maximum atomic E-state index is 11.4. The van der Waals surface area contributed by atoms with Gasteiger partial charge in [0.25, 0.3) is 5.88 Å². The van der Waals surface area contributed by atoms with E-state index in [1.54, 1.807) is 0 Å². The third kappa shape index (κ3) is 3.67. The van der Waals surface area contributed by atoms with Gasteiger partial charge in [-0.1, -0.05) is 38.5 Å². The van der Waals surface area contributed by atoms with Crippen molar-refractivity contribution in [3.05, 3.63) is 46.4 Å². The standard InChI is InChI=1S/C18H22N2O3/c1-10-7-11(2)15(12(3)8-10)23-16-14(17(21)22)19-9-13(20-16)18(4,5)6/h7-9H,1-6H3,(H,21,22). The van der Waals surface area contributed by atoms with Gasteiger partial charge in [-0.15, -0.1) is 0 Å². The van der Waals surface area contributed by atoms with E-state index in [-0.39, 0.29) is 17.0 Å². The van der Waals surface area contributed by atoms with Crippen LogP contribution in [0.4, 0.5) is 0 Å². The SMILES string of the molecule is Cc1cc(C)c(Oc2nc(C(C)(C)C)cnc2C(=O)O)c(C)c1. The van der Waals surface area contributed by atoms with Crippen LogP contribution in [0.3, 0.4) is 0 Å². The van der Waals surface area contributed by atoms with Gasteiger partial charge < -0.3 is 9.84 Å². The van der Waals surface area contributed by atoms with Gasteiger partial charge in [0.2, 0.25) is 5.69 Å². The first kappa shape index (κ1) is 16.9. The summed E-state index contributed by atoms with van der Waals surface area (Å²) >= 11 is 0. The number of aromatic carboxylic acids is 1. The van der Waals surface area contributed by atoms with Crippen molar-refractivity contribution in [2.75, 3.05) is 0 Å². The Morgan fingerprint density at radius 3 is 2.17 bits per heavy atom. The predicted molar refractivity (Wildman–Crippen MR) is 88.4 cm³/mol. The molecule has 0 amide bonds. The molecule has 1 heterocycles. The number of aromatic nitrogens is 2. The van der Waals surface area contributed by atoms with Crippen LogP contribution in [0.1, 0.15) is 53.6 Å². The number of nitrogens with zero attached hydrogens (tertiary/aromatic N) is 2. The molecule has 0 spiro atoms. The first-order valence-electron chi connectivity index (χ1n) is 7.46. The van der Waals surface area contributed by atoms with Crippen molar-refractivity contribution < 1.29 is 14.6 Å². The second kappa shape index (κ2) is 5.99. The van der Waals surface area contributed by atoms with Crippen LogP contribution < -0.4 is 4.74 Å². The molecule has 1 aromatic carbocycles. The Labute approximate surface area is 136 Å². The van der Waals surface area contributed by atoms with Crippen molar-refractivity contribution in [3.8, 4) is 11.6 Å². The van der Waals surface area contributed by atoms with Gasteiger partial charge in [0.1, 0.15) is 5.75 Å². The summed E-state index contributed by atoms with van der Waals surface area (Å²) in [4.78, 5) is 19.8. The molecular formula is C18H22N2O3. The third-order valence-corrected chi connectivity index (χ3v) is 3.51. The van der Waals surface area contributed by atoms with Gasteiger partial charge in [-0.05, 0) is 31.9 Å². The predicted octanol–water partition coefficient (Wildman–Crippen LogP) is 4.19. The maximum Gasteiger partial charge on any atom is 0.360 e. The van der Waals surface area contributed by atoms with Gasteiger partial charge in [0.15, 0.2) is 0 Å². The van der Waals surface area contributed by atoms with E-state index in [4.69, 9.17) is 4.74 Å². The largest absolute Gasteiger partial charge is 0.476 e. The van der Waals surface area contributed by atoms with Crippen molar-refractivity contribution in [2.24, 2.45) is 0 Å². The molecule has 2 rings (SSSR count). The van der Waals surface area contributed by atoms with Crippen molar-refractivity contribution in [2.45, 2.75) is 47.0 Å². The first-order valence-corrected chi connectivity index (χ1v) is 7.46. The monoisotopic (exact) mass is 314 g/mol. The fourth-order valence-corrected chi connectivity index (χ4v) is 2.38. The number of aryl methyl sites for hydroxylation is 3. The lowest BCUT2D eigenvalue weighted by atomic mass is 9.93. The molecule has 0 fully saturated rings. The molecule has 0 aliphatic heterocycles. The van der Waals surface area contributed by atoms with Crippen LogP contribution in [0, 0.1) is 20.8 Å². The Balaban J connectivity index is 2.56. The van der Waals surface area contributed by atoms with Gasteiger partial charge in [0, 0.05) is 5.41 Å². The number of carboxylic acid groups (broad SMARTS) is 1. The number of hydrogen-bond acceptors (Lipinski definition) is 4. The van der Waals surface area contributed by atoms with Crippen LogP contribution >= 0.6 is 0 Å². The van der Waals surface area contributed by atoms with E-state index in [9.17, 15) is 9.90 Å². The number of carbonyl (C=O) groups is 1. The minimum atomic E-state index is -1.16. The zero-order valence-electron chi connectivity index (χ0n) is 14.4. The van der Waals surface area contributed by atoms with Crippen LogP contribution in [0.2, 0.25) is 0 Å². The summed E-state index contributed by atoms with van der Waals surface area (Å²) < 4.78 is 5.87. The van der Waals surface area contributed by atoms with Crippen molar-refractivity contribution in [1.29, 1.82) is 0 Å². The lowest BCUT2D eigenvalue weighted by Crippen LogP contribution is -2.17. The Hall–Kier alpha value is -2.43. The van der Waals surface area contributed by atoms with Crippen molar-refractivity contribution >= 4 is 5.97 Å². The average molecular weight is 314 g/mol. The molecule has 0 unspecified atom stereocenters. The minimum absolute atomic E-state index is 0.0278. The van der Waals surface area contributed by atoms with Crippen LogP contribution in [-0.4, -0.2) is 21.0 Å². The van der Waals surface area contributed by atoms with Crippen LogP contribution in [0.25, 0.3) is 0 Å². The second-order valence-corrected chi connectivity index (χ2v) is 6.79. The molecule has 1 N–H and O–H groups in total. The highest BCUT2D eigenvalue weighted by Gasteiger charge is 2.23. The van der Waals surface area contributed by atoms with E-state index in [1.165, 1.54) is 6.20 Å². The maximum absolute atomic E-state index is 11.4. The molecular weight excluding hydrogens is 292 g/mol. The Morgan fingerprint density at radius 1 is 1.13 bits per heavy atom. The zero-order chi connectivity index (χ0) is 17.4. The van der Waals surface area contributed by atoms with Gasteiger partial charge in [-0.3, -0.25) is 0 Å². The highest BCUT2D eigenvalue weighted by molar-refractivity contribution is 5.87. The fraction of sp³-hybridized carbons (Fsp3) is 0.389. The highest BCUT2D eigenvalue weighted by Crippen LogP contribution is 2.31. The molecule has 0 saturated carbocycles. The minimum Gasteiger partial charge on any atom is -0.476 e. The summed E-state index contributed by atoms with van der Waals surface area (Å²) in [5.74, 6) is -0.506. The summed E-state index contributed by atoms with van der Waals surface area (Å²) in [5, 5.41) is 9.34. The summed E-state index contributed by atoms with van der Waals surface area (Å²) in [6.45, 7) is 11.8. The van der Waals surface area contributed by atoms with E-state index < -0.39 is 5.97 Å². The Kier molecular flexibility index (Phi) is 4.41. The van der Waals surface area contributed by atoms with Gasteiger partial charge in [-0.2, -0.15) is 0 Å². The molecule has 0 bridgehead atoms. The topological polar surface area (TPSA) is 72.3 Å². The van der Waals surface area contributed by atoms with Crippen LogP contribution in [0.15, 0.2) is 18.3 Å². The molecule has 5 nitrogen and oxygen atoms in total. The van der Waals surface area contributed by atoms with E-state index in [1.807, 2.05) is 53.7 Å². The molecule has 0 saturated heterocycles. The number of hydrogen-bond donors (Lipinski definition) is 1. The summed E-state index contributed by atoms with van der Waals surface area (Å²) in [7, 11) is 0. The molecule has 1 aromatic heterocycles. The first-order chi connectivity index (χ1) is 10.6. The van der Waals surface area contributed by atoms with Crippen molar-refractivity contribution in [3.63, 3.8) is 0 Å². The smallest absolute Gasteiger partial charge is 0.360 e. The lowest BCUT2D eigenvalue weighted by molar-refractivity contribution is 0.0686. The highest BCUT2D eigenvalue weighted by atomic mass is 16.5. The van der Waals surface area contributed by atoms with E-state index in [0.717, 1.165) is 16.7 Å². The average Bonchev–Trinajstić information content (AvgIpc) is 2.41. The zero-order valence-corrected chi connectivity index (χ0v) is 14.4. The molecule has 0 aliphatic carbocycles. The quantitative estimate of drug-likeness (QED) is 0.919. The second-order valence-electron chi connectivity index (χ2n) is 6.79. The molecule has 122 valence electrons. The molecule has 0 atom stereocenters. The molecule has 0 radical (unpaired) electrons. The third-order valence-electron chi connectivity index (χ3n) is 3.51. The lowest BCUT2D eigenvalue weighted by Gasteiger charge is -2.19. The van der Waals surface area contributed by atoms with Crippen molar-refractivity contribution in [1.82, 2.24) is 9.97 Å². The van der Waals surface area contributed by atoms with Gasteiger partial charge >= 0.3 is 5.97 Å². The summed E-state index contributed by atoms with van der Waals surface area (Å²) in [6.07, 6.45) is 1.49. The van der Waals surface area contributed by atoms with E-state index in [0.29, 0.717) is 11.4 Å². The Bertz CT molecular complexity index is 738. The number of rotatable bonds is 3. The fourth-order valence-electron chi connectivity index (χ4n) is 2.38. The molecule has 5 heteroatoms. The van der Waals surface area contributed by atoms with Crippen LogP contribution in [0.5, 0.6) is 11.6 Å². The number of ether oxygens (including phenoxy) is 1. The normalized spacial score (nSPS) is 11.4. The summed E-state index contributed by atoms with van der Waals surface area (Å²) in [5.41, 5.74) is 3.24. The number of carboxylic acids is 1.